The zero-order valence-electron chi connectivity index (χ0n) is 11.4. The Labute approximate surface area is 156 Å². The molecule has 0 fully saturated rings. The summed E-state index contributed by atoms with van der Waals surface area (Å²) >= 11 is 0. The van der Waals surface area contributed by atoms with Crippen molar-refractivity contribution in [2.24, 2.45) is 0 Å². The molecular weight excluding hydrogens is 262 g/mol. The number of hydrogen-bond acceptors (Lipinski definition) is 3. The molecule has 2 aromatic carbocycles. The van der Waals surface area contributed by atoms with E-state index >= 15 is 0 Å². The van der Waals surface area contributed by atoms with Crippen LogP contribution in [0.15, 0.2) is 48.5 Å². The second-order valence-electron chi connectivity index (χ2n) is 3.58. The molecule has 0 amide bonds. The Morgan fingerprint density at radius 3 is 2.21 bits per heavy atom. The molecule has 0 saturated heterocycles. The minimum Gasteiger partial charge on any atom is -0.507 e. The van der Waals surface area contributed by atoms with E-state index in [1.165, 1.54) is 13.2 Å². The summed E-state index contributed by atoms with van der Waals surface area (Å²) in [6.45, 7) is 0. The van der Waals surface area contributed by atoms with Gasteiger partial charge in [-0.15, -0.1) is 0 Å². The minimum atomic E-state index is -0.203. The summed E-state index contributed by atoms with van der Waals surface area (Å²) in [5, 5.41) is 9.75. The van der Waals surface area contributed by atoms with E-state index in [1.807, 2.05) is 6.07 Å². The Kier molecular flexibility index (Phi) is 8.66. The van der Waals surface area contributed by atoms with Gasteiger partial charge in [0.2, 0.25) is 0 Å². The number of benzene rings is 2. The molecule has 0 aliphatic rings. The van der Waals surface area contributed by atoms with Crippen molar-refractivity contribution in [3.05, 3.63) is 59.7 Å². The van der Waals surface area contributed by atoms with E-state index in [-0.39, 0.29) is 76.2 Å². The molecule has 3 nitrogen and oxygen atoms in total. The van der Waals surface area contributed by atoms with E-state index in [0.29, 0.717) is 11.3 Å². The van der Waals surface area contributed by atoms with Crippen LogP contribution in [0.1, 0.15) is 15.9 Å². The molecule has 0 aliphatic heterocycles. The molecule has 0 unspecified atom stereocenters. The molecule has 88 valence electrons. The Hall–Kier alpha value is -0.290. The van der Waals surface area contributed by atoms with Gasteiger partial charge in [0.25, 0.3) is 0 Å². The van der Waals surface area contributed by atoms with Crippen LogP contribution in [-0.2, 0) is 0 Å². The summed E-state index contributed by atoms with van der Waals surface area (Å²) < 4.78 is 4.96. The van der Waals surface area contributed by atoms with E-state index in [0.717, 1.165) is 0 Å². The fourth-order valence-corrected chi connectivity index (χ4v) is 1.58. The van der Waals surface area contributed by atoms with Crippen molar-refractivity contribution in [3.8, 4) is 11.5 Å². The third kappa shape index (κ3) is 4.63. The molecule has 0 spiro atoms. The smallest absolute Gasteiger partial charge is 0.196 e. The maximum absolute atomic E-state index is 12.1. The third-order valence-electron chi connectivity index (χ3n) is 2.49. The molecule has 5 heteroatoms. The number of carbonyl (C=O) groups is 1. The number of phenolic OH excluding ortho intramolecular Hbond substituents is 1. The van der Waals surface area contributed by atoms with Crippen molar-refractivity contribution in [2.45, 2.75) is 0 Å². The number of methoxy groups -OCH3 is 1. The first-order valence-corrected chi connectivity index (χ1v) is 5.19. The molecule has 2 radical (unpaired) electrons. The van der Waals surface area contributed by atoms with E-state index in [9.17, 15) is 9.90 Å². The Bertz CT molecular complexity index is 542. The standard InChI is InChI=1S/C14H12O3.2Na/c1-17-11-7-8-12(13(15)9-11)14(16)10-5-3-2-4-6-10;;/h2-9,15H,1H3;;. The predicted octanol–water partition coefficient (Wildman–Crippen LogP) is 1.87. The van der Waals surface area contributed by atoms with Gasteiger partial charge in [0.05, 0.1) is 12.7 Å². The van der Waals surface area contributed by atoms with E-state index < -0.39 is 0 Å². The molecule has 2 aromatic rings. The number of carbonyl (C=O) groups excluding carboxylic acids is 1. The van der Waals surface area contributed by atoms with Crippen LogP contribution in [0, 0.1) is 0 Å². The van der Waals surface area contributed by atoms with Crippen LogP contribution in [0.3, 0.4) is 0 Å². The van der Waals surface area contributed by atoms with Gasteiger partial charge in [-0.25, -0.2) is 0 Å². The number of phenols is 1. The molecular formula is C14H12Na2O3. The zero-order chi connectivity index (χ0) is 12.3. The summed E-state index contributed by atoms with van der Waals surface area (Å²) in [6.07, 6.45) is 0. The SMILES string of the molecule is COc1ccc(C(=O)c2ccccc2)c(O)c1.[Na].[Na]. The number of rotatable bonds is 3. The van der Waals surface area contributed by atoms with Gasteiger partial charge in [-0.1, -0.05) is 30.3 Å². The monoisotopic (exact) mass is 274 g/mol. The molecule has 0 aliphatic carbocycles. The number of ether oxygens (including phenoxy) is 1. The van der Waals surface area contributed by atoms with Crippen molar-refractivity contribution in [2.75, 3.05) is 7.11 Å². The van der Waals surface area contributed by atoms with Crippen molar-refractivity contribution in [3.63, 3.8) is 0 Å². The van der Waals surface area contributed by atoms with Crippen molar-refractivity contribution < 1.29 is 14.6 Å². The normalized spacial score (nSPS) is 8.89. The molecule has 0 saturated carbocycles. The maximum Gasteiger partial charge on any atom is 0.196 e. The van der Waals surface area contributed by atoms with Gasteiger partial charge in [-0.2, -0.15) is 0 Å². The average molecular weight is 274 g/mol. The minimum absolute atomic E-state index is 0. The van der Waals surface area contributed by atoms with Gasteiger partial charge in [0.1, 0.15) is 11.5 Å². The van der Waals surface area contributed by atoms with Crippen molar-refractivity contribution in [1.29, 1.82) is 0 Å². The second kappa shape index (κ2) is 8.80. The third-order valence-corrected chi connectivity index (χ3v) is 2.49. The van der Waals surface area contributed by atoms with E-state index in [4.69, 9.17) is 4.74 Å². The predicted molar refractivity (Wildman–Crippen MR) is 76.0 cm³/mol. The first-order chi connectivity index (χ1) is 8.22. The molecule has 2 rings (SSSR count). The first-order valence-electron chi connectivity index (χ1n) is 5.19. The van der Waals surface area contributed by atoms with Gasteiger partial charge in [-0.05, 0) is 12.1 Å². The first kappa shape index (κ1) is 18.7. The van der Waals surface area contributed by atoms with Crippen LogP contribution in [-0.4, -0.2) is 77.1 Å². The second-order valence-corrected chi connectivity index (χ2v) is 3.58. The summed E-state index contributed by atoms with van der Waals surface area (Å²) in [6, 6.07) is 13.5. The molecule has 19 heavy (non-hydrogen) atoms. The van der Waals surface area contributed by atoms with Crippen molar-refractivity contribution in [1.82, 2.24) is 0 Å². The van der Waals surface area contributed by atoms with E-state index in [1.54, 1.807) is 36.4 Å². The Balaban J connectivity index is 0.00000162. The van der Waals surface area contributed by atoms with E-state index in [2.05, 4.69) is 0 Å². The molecule has 0 heterocycles. The average Bonchev–Trinajstić information content (AvgIpc) is 2.39. The fraction of sp³-hybridized carbons (Fsp3) is 0.0714. The van der Waals surface area contributed by atoms with Crippen LogP contribution in [0.4, 0.5) is 0 Å². The topological polar surface area (TPSA) is 46.5 Å². The van der Waals surface area contributed by atoms with Gasteiger partial charge < -0.3 is 9.84 Å². The summed E-state index contributed by atoms with van der Waals surface area (Å²) in [7, 11) is 1.51. The fourth-order valence-electron chi connectivity index (χ4n) is 1.58. The number of hydrogen-bond donors (Lipinski definition) is 1. The number of aromatic hydroxyl groups is 1. The summed E-state index contributed by atoms with van der Waals surface area (Å²) in [5.74, 6) is 0.246. The Morgan fingerprint density at radius 1 is 1.05 bits per heavy atom. The molecule has 0 atom stereocenters. The van der Waals surface area contributed by atoms with Crippen LogP contribution in [0.25, 0.3) is 0 Å². The van der Waals surface area contributed by atoms with Gasteiger partial charge >= 0.3 is 0 Å². The molecule has 0 bridgehead atoms. The summed E-state index contributed by atoms with van der Waals surface area (Å²) in [5.41, 5.74) is 0.824. The van der Waals surface area contributed by atoms with Crippen LogP contribution < -0.4 is 4.74 Å². The maximum atomic E-state index is 12.1. The zero-order valence-corrected chi connectivity index (χ0v) is 15.4. The van der Waals surface area contributed by atoms with Crippen molar-refractivity contribution >= 4 is 64.9 Å². The van der Waals surface area contributed by atoms with Crippen LogP contribution >= 0.6 is 0 Å². The van der Waals surface area contributed by atoms with Gasteiger partial charge in [0.15, 0.2) is 5.78 Å². The Morgan fingerprint density at radius 2 is 1.68 bits per heavy atom. The van der Waals surface area contributed by atoms with Gasteiger partial charge in [-0.3, -0.25) is 4.79 Å². The van der Waals surface area contributed by atoms with Gasteiger partial charge in [0, 0.05) is 70.7 Å². The molecule has 1 N–H and O–H groups in total. The van der Waals surface area contributed by atoms with Crippen LogP contribution in [0.2, 0.25) is 0 Å². The van der Waals surface area contributed by atoms with Crippen LogP contribution in [0.5, 0.6) is 11.5 Å². The largest absolute Gasteiger partial charge is 0.507 e. The number of ketones is 1. The molecule has 0 aromatic heterocycles. The summed E-state index contributed by atoms with van der Waals surface area (Å²) in [4.78, 5) is 12.1. The quantitative estimate of drug-likeness (QED) is 0.686.